The monoisotopic (exact) mass is 323 g/mol. The van der Waals surface area contributed by atoms with E-state index in [0.29, 0.717) is 5.92 Å². The molecule has 1 heterocycles. The molecule has 0 radical (unpaired) electrons. The SMILES string of the molecule is CCC1(CC)CN(Cc2ccc(C(C)C)cc2)c2ccccc2O1. The average Bonchev–Trinajstić information content (AvgIpc) is 2.62. The smallest absolute Gasteiger partial charge is 0.143 e. The van der Waals surface area contributed by atoms with E-state index in [0.717, 1.165) is 31.7 Å². The van der Waals surface area contributed by atoms with Gasteiger partial charge in [0.05, 0.1) is 12.2 Å². The van der Waals surface area contributed by atoms with E-state index in [1.165, 1.54) is 16.8 Å². The Morgan fingerprint density at radius 1 is 1.00 bits per heavy atom. The summed E-state index contributed by atoms with van der Waals surface area (Å²) < 4.78 is 6.39. The molecule has 2 aromatic rings. The Kier molecular flexibility index (Phi) is 4.84. The Labute approximate surface area is 146 Å². The maximum Gasteiger partial charge on any atom is 0.143 e. The molecule has 1 aliphatic rings. The van der Waals surface area contributed by atoms with Crippen LogP contribution in [-0.2, 0) is 6.54 Å². The Balaban J connectivity index is 1.88. The van der Waals surface area contributed by atoms with Gasteiger partial charge in [-0.1, -0.05) is 64.1 Å². The average molecular weight is 323 g/mol. The zero-order valence-corrected chi connectivity index (χ0v) is 15.4. The van der Waals surface area contributed by atoms with Gasteiger partial charge in [-0.05, 0) is 42.0 Å². The van der Waals surface area contributed by atoms with Gasteiger partial charge in [0.2, 0.25) is 0 Å². The van der Waals surface area contributed by atoms with Crippen molar-refractivity contribution in [1.82, 2.24) is 0 Å². The van der Waals surface area contributed by atoms with Crippen molar-refractivity contribution in [1.29, 1.82) is 0 Å². The van der Waals surface area contributed by atoms with Crippen LogP contribution < -0.4 is 9.64 Å². The van der Waals surface area contributed by atoms with Gasteiger partial charge in [-0.15, -0.1) is 0 Å². The molecule has 0 amide bonds. The highest BCUT2D eigenvalue weighted by Crippen LogP contribution is 2.40. The van der Waals surface area contributed by atoms with E-state index in [4.69, 9.17) is 4.74 Å². The minimum absolute atomic E-state index is 0.0772. The minimum Gasteiger partial charge on any atom is -0.483 e. The molecule has 0 N–H and O–H groups in total. The third-order valence-electron chi connectivity index (χ3n) is 5.32. The second-order valence-corrected chi connectivity index (χ2v) is 7.21. The molecular formula is C22H29NO. The first-order valence-corrected chi connectivity index (χ1v) is 9.18. The first kappa shape index (κ1) is 16.9. The lowest BCUT2D eigenvalue weighted by molar-refractivity contribution is 0.0570. The molecule has 0 atom stereocenters. The van der Waals surface area contributed by atoms with Crippen molar-refractivity contribution in [3.63, 3.8) is 0 Å². The lowest BCUT2D eigenvalue weighted by atomic mass is 9.93. The third kappa shape index (κ3) is 3.28. The van der Waals surface area contributed by atoms with E-state index in [-0.39, 0.29) is 5.60 Å². The van der Waals surface area contributed by atoms with Crippen molar-refractivity contribution in [2.24, 2.45) is 0 Å². The molecular weight excluding hydrogens is 294 g/mol. The van der Waals surface area contributed by atoms with E-state index in [1.807, 2.05) is 0 Å². The van der Waals surface area contributed by atoms with Crippen molar-refractivity contribution >= 4 is 5.69 Å². The maximum atomic E-state index is 6.39. The molecule has 0 aromatic heterocycles. The molecule has 128 valence electrons. The summed E-state index contributed by atoms with van der Waals surface area (Å²) in [7, 11) is 0. The highest BCUT2D eigenvalue weighted by molar-refractivity contribution is 5.61. The number of fused-ring (bicyclic) bond motifs is 1. The van der Waals surface area contributed by atoms with Crippen LogP contribution >= 0.6 is 0 Å². The first-order chi connectivity index (χ1) is 11.6. The number of hydrogen-bond donors (Lipinski definition) is 0. The largest absolute Gasteiger partial charge is 0.483 e. The van der Waals surface area contributed by atoms with Crippen molar-refractivity contribution < 1.29 is 4.74 Å². The number of hydrogen-bond acceptors (Lipinski definition) is 2. The lowest BCUT2D eigenvalue weighted by Crippen LogP contribution is -2.50. The summed E-state index contributed by atoms with van der Waals surface area (Å²) in [6, 6.07) is 17.5. The zero-order chi connectivity index (χ0) is 17.2. The predicted octanol–water partition coefficient (Wildman–Crippen LogP) is 5.77. The summed E-state index contributed by atoms with van der Waals surface area (Å²) in [6.45, 7) is 10.8. The second kappa shape index (κ2) is 6.88. The zero-order valence-electron chi connectivity index (χ0n) is 15.4. The Morgan fingerprint density at radius 2 is 1.67 bits per heavy atom. The Hall–Kier alpha value is -1.96. The van der Waals surface area contributed by atoms with Crippen LogP contribution in [0, 0.1) is 0 Å². The molecule has 1 aliphatic heterocycles. The molecule has 24 heavy (non-hydrogen) atoms. The van der Waals surface area contributed by atoms with Gasteiger partial charge in [0, 0.05) is 6.54 Å². The van der Waals surface area contributed by atoms with Crippen LogP contribution in [0.5, 0.6) is 5.75 Å². The molecule has 0 spiro atoms. The summed E-state index contributed by atoms with van der Waals surface area (Å²) >= 11 is 0. The van der Waals surface area contributed by atoms with Crippen molar-refractivity contribution in [2.45, 2.75) is 58.6 Å². The summed E-state index contributed by atoms with van der Waals surface area (Å²) in [4.78, 5) is 2.48. The number of ether oxygens (including phenoxy) is 1. The second-order valence-electron chi connectivity index (χ2n) is 7.21. The van der Waals surface area contributed by atoms with Gasteiger partial charge in [0.15, 0.2) is 0 Å². The van der Waals surface area contributed by atoms with Gasteiger partial charge < -0.3 is 9.64 Å². The van der Waals surface area contributed by atoms with Crippen molar-refractivity contribution in [3.05, 3.63) is 59.7 Å². The number of anilines is 1. The predicted molar refractivity (Wildman–Crippen MR) is 102 cm³/mol. The van der Waals surface area contributed by atoms with Crippen LogP contribution in [0.2, 0.25) is 0 Å². The van der Waals surface area contributed by atoms with Gasteiger partial charge in [-0.3, -0.25) is 0 Å². The van der Waals surface area contributed by atoms with Gasteiger partial charge >= 0.3 is 0 Å². The highest BCUT2D eigenvalue weighted by atomic mass is 16.5. The minimum atomic E-state index is -0.0772. The standard InChI is InChI=1S/C22H29NO/c1-5-22(6-2)16-23(20-9-7-8-10-21(20)24-22)15-18-11-13-19(14-12-18)17(3)4/h7-14,17H,5-6,15-16H2,1-4H3. The van der Waals surface area contributed by atoms with Crippen LogP contribution in [0.15, 0.2) is 48.5 Å². The molecule has 2 heteroatoms. The molecule has 3 rings (SSSR count). The normalized spacial score (nSPS) is 16.0. The van der Waals surface area contributed by atoms with Crippen LogP contribution in [0.4, 0.5) is 5.69 Å². The number of para-hydroxylation sites is 2. The number of nitrogens with zero attached hydrogens (tertiary/aromatic N) is 1. The molecule has 0 saturated heterocycles. The summed E-state index contributed by atoms with van der Waals surface area (Å²) in [6.07, 6.45) is 2.06. The Morgan fingerprint density at radius 3 is 2.29 bits per heavy atom. The molecule has 0 fully saturated rings. The van der Waals surface area contributed by atoms with E-state index in [9.17, 15) is 0 Å². The highest BCUT2D eigenvalue weighted by Gasteiger charge is 2.36. The quantitative estimate of drug-likeness (QED) is 0.693. The van der Waals surface area contributed by atoms with Crippen molar-refractivity contribution in [3.8, 4) is 5.75 Å². The summed E-state index contributed by atoms with van der Waals surface area (Å²) in [5.74, 6) is 1.60. The molecule has 2 aromatic carbocycles. The molecule has 0 bridgehead atoms. The lowest BCUT2D eigenvalue weighted by Gasteiger charge is -2.44. The summed E-state index contributed by atoms with van der Waals surface area (Å²) in [5.41, 5.74) is 3.89. The fourth-order valence-electron chi connectivity index (χ4n) is 3.49. The number of benzene rings is 2. The van der Waals surface area contributed by atoms with Gasteiger partial charge in [-0.2, -0.15) is 0 Å². The third-order valence-corrected chi connectivity index (χ3v) is 5.32. The molecule has 2 nitrogen and oxygen atoms in total. The van der Waals surface area contributed by atoms with Crippen LogP contribution in [0.1, 0.15) is 57.6 Å². The fraction of sp³-hybridized carbons (Fsp3) is 0.455. The van der Waals surface area contributed by atoms with E-state index in [1.54, 1.807) is 0 Å². The van der Waals surface area contributed by atoms with E-state index < -0.39 is 0 Å². The first-order valence-electron chi connectivity index (χ1n) is 9.18. The Bertz CT molecular complexity index is 671. The molecule has 0 unspecified atom stereocenters. The molecule has 0 aliphatic carbocycles. The van der Waals surface area contributed by atoms with Gasteiger partial charge in [0.1, 0.15) is 11.4 Å². The topological polar surface area (TPSA) is 12.5 Å². The van der Waals surface area contributed by atoms with Crippen LogP contribution in [0.3, 0.4) is 0 Å². The van der Waals surface area contributed by atoms with E-state index >= 15 is 0 Å². The number of rotatable bonds is 5. The van der Waals surface area contributed by atoms with Gasteiger partial charge in [0.25, 0.3) is 0 Å². The van der Waals surface area contributed by atoms with Crippen LogP contribution in [-0.4, -0.2) is 12.1 Å². The van der Waals surface area contributed by atoms with Crippen molar-refractivity contribution in [2.75, 3.05) is 11.4 Å². The molecule has 0 saturated carbocycles. The van der Waals surface area contributed by atoms with E-state index in [2.05, 4.69) is 81.1 Å². The summed E-state index contributed by atoms with van der Waals surface area (Å²) in [5, 5.41) is 0. The fourth-order valence-corrected chi connectivity index (χ4v) is 3.49. The van der Waals surface area contributed by atoms with Crippen LogP contribution in [0.25, 0.3) is 0 Å². The van der Waals surface area contributed by atoms with Gasteiger partial charge in [-0.25, -0.2) is 0 Å². The maximum absolute atomic E-state index is 6.39.